The van der Waals surface area contributed by atoms with E-state index in [4.69, 9.17) is 11.6 Å². The maximum Gasteiger partial charge on any atom is 0.416 e. The zero-order valence-corrected chi connectivity index (χ0v) is 15.4. The average Bonchev–Trinajstić information content (AvgIpc) is 3.37. The van der Waals surface area contributed by atoms with E-state index in [0.29, 0.717) is 35.2 Å². The molecule has 0 aliphatic heterocycles. The summed E-state index contributed by atoms with van der Waals surface area (Å²) in [6.07, 6.45) is -1.88. The molecule has 28 heavy (non-hydrogen) atoms. The molecule has 3 aromatic rings. The van der Waals surface area contributed by atoms with E-state index in [2.05, 4.69) is 4.98 Å². The van der Waals surface area contributed by atoms with Gasteiger partial charge in [0, 0.05) is 11.6 Å². The number of hydrogen-bond acceptors (Lipinski definition) is 1. The second-order valence-corrected chi connectivity index (χ2v) is 7.59. The van der Waals surface area contributed by atoms with E-state index in [0.717, 1.165) is 11.6 Å². The van der Waals surface area contributed by atoms with Crippen LogP contribution in [0.15, 0.2) is 66.9 Å². The van der Waals surface area contributed by atoms with Gasteiger partial charge in [-0.05, 0) is 60.2 Å². The highest BCUT2D eigenvalue weighted by Gasteiger charge is 2.57. The van der Waals surface area contributed by atoms with Crippen LogP contribution in [0.3, 0.4) is 0 Å². The first-order valence-corrected chi connectivity index (χ1v) is 9.21. The van der Waals surface area contributed by atoms with E-state index in [1.165, 1.54) is 12.3 Å². The van der Waals surface area contributed by atoms with Crippen LogP contribution in [0.1, 0.15) is 28.8 Å². The second kappa shape index (κ2) is 6.89. The van der Waals surface area contributed by atoms with Crippen LogP contribution in [0.5, 0.6) is 0 Å². The molecule has 1 aliphatic carbocycles. The Balaban J connectivity index is 1.79. The largest absolute Gasteiger partial charge is 0.416 e. The zero-order chi connectivity index (χ0) is 19.9. The summed E-state index contributed by atoms with van der Waals surface area (Å²) >= 11 is 5.93. The van der Waals surface area contributed by atoms with E-state index >= 15 is 0 Å². The summed E-state index contributed by atoms with van der Waals surface area (Å²) in [4.78, 5) is 4.37. The zero-order valence-electron chi connectivity index (χ0n) is 14.7. The number of benzene rings is 2. The van der Waals surface area contributed by atoms with Gasteiger partial charge in [0.15, 0.2) is 0 Å². The normalized spacial score (nSPS) is 21.5. The van der Waals surface area contributed by atoms with E-state index in [1.807, 2.05) is 30.3 Å². The Labute approximate surface area is 165 Å². The van der Waals surface area contributed by atoms with Gasteiger partial charge in [0.05, 0.1) is 16.3 Å². The van der Waals surface area contributed by atoms with Gasteiger partial charge in [-0.15, -0.1) is 0 Å². The molecule has 0 saturated heterocycles. The first-order chi connectivity index (χ1) is 13.3. The molecule has 0 amide bonds. The summed E-state index contributed by atoms with van der Waals surface area (Å²) in [6.45, 7) is 0. The summed E-state index contributed by atoms with van der Waals surface area (Å²) < 4.78 is 53.9. The van der Waals surface area contributed by atoms with Crippen LogP contribution in [-0.2, 0) is 18.0 Å². The Kier molecular flexibility index (Phi) is 4.66. The molecule has 1 aliphatic rings. The van der Waals surface area contributed by atoms with Crippen molar-refractivity contribution in [1.29, 1.82) is 0 Å². The van der Waals surface area contributed by atoms with Crippen molar-refractivity contribution in [2.45, 2.75) is 24.4 Å². The van der Waals surface area contributed by atoms with Gasteiger partial charge in [-0.25, -0.2) is 4.39 Å². The Morgan fingerprint density at radius 2 is 1.79 bits per heavy atom. The molecule has 1 fully saturated rings. The van der Waals surface area contributed by atoms with Crippen LogP contribution in [0.4, 0.5) is 17.6 Å². The van der Waals surface area contributed by atoms with Crippen LogP contribution in [0.2, 0.25) is 5.02 Å². The van der Waals surface area contributed by atoms with Crippen molar-refractivity contribution in [2.75, 3.05) is 0 Å². The molecule has 0 bridgehead atoms. The Hall–Kier alpha value is -2.40. The average molecular weight is 406 g/mol. The molecule has 0 N–H and O–H groups in total. The standard InChI is InChI=1S/C22H16ClF4N/c23-18-6-7-20(28-13-18)21(12-17(21)8-14-4-2-1-3-5-14)15-9-16(22(25,26)27)11-19(24)10-15/h1-7,9-11,13,17H,8,12H2/t17-,21+/m1/s1. The summed E-state index contributed by atoms with van der Waals surface area (Å²) in [5, 5.41) is 0.439. The van der Waals surface area contributed by atoms with Crippen LogP contribution in [0, 0.1) is 11.7 Å². The van der Waals surface area contributed by atoms with Crippen LogP contribution < -0.4 is 0 Å². The lowest BCUT2D eigenvalue weighted by Crippen LogP contribution is -2.17. The highest BCUT2D eigenvalue weighted by Crippen LogP contribution is 2.60. The monoisotopic (exact) mass is 405 g/mol. The number of halogens is 5. The molecular weight excluding hydrogens is 390 g/mol. The minimum absolute atomic E-state index is 0.0199. The fourth-order valence-electron chi connectivity index (χ4n) is 3.94. The number of alkyl halides is 3. The van der Waals surface area contributed by atoms with Gasteiger partial charge in [0.1, 0.15) is 5.82 Å². The molecule has 0 radical (unpaired) electrons. The van der Waals surface area contributed by atoms with Gasteiger partial charge in [-0.1, -0.05) is 41.9 Å². The number of rotatable bonds is 4. The molecule has 6 heteroatoms. The second-order valence-electron chi connectivity index (χ2n) is 7.15. The van der Waals surface area contributed by atoms with Crippen LogP contribution >= 0.6 is 11.6 Å². The minimum Gasteiger partial charge on any atom is -0.259 e. The molecule has 2 atom stereocenters. The van der Waals surface area contributed by atoms with Crippen molar-refractivity contribution in [3.63, 3.8) is 0 Å². The Morgan fingerprint density at radius 3 is 2.43 bits per heavy atom. The van der Waals surface area contributed by atoms with Crippen molar-refractivity contribution in [1.82, 2.24) is 4.98 Å². The van der Waals surface area contributed by atoms with Crippen molar-refractivity contribution in [3.05, 3.63) is 100 Å². The molecule has 0 spiro atoms. The van der Waals surface area contributed by atoms with E-state index < -0.39 is 23.0 Å². The summed E-state index contributed by atoms with van der Waals surface area (Å²) in [6, 6.07) is 15.8. The fourth-order valence-corrected chi connectivity index (χ4v) is 4.05. The molecule has 1 saturated carbocycles. The van der Waals surface area contributed by atoms with Gasteiger partial charge in [-0.3, -0.25) is 4.98 Å². The molecule has 1 nitrogen and oxygen atoms in total. The Bertz CT molecular complexity index is 986. The van der Waals surface area contributed by atoms with Gasteiger partial charge >= 0.3 is 6.18 Å². The molecule has 4 rings (SSSR count). The third-order valence-corrected chi connectivity index (χ3v) is 5.58. The summed E-state index contributed by atoms with van der Waals surface area (Å²) in [5.74, 6) is -0.880. The van der Waals surface area contributed by atoms with E-state index in [1.54, 1.807) is 12.1 Å². The molecule has 144 valence electrons. The van der Waals surface area contributed by atoms with Crippen molar-refractivity contribution in [2.24, 2.45) is 5.92 Å². The number of hydrogen-bond donors (Lipinski definition) is 0. The highest BCUT2D eigenvalue weighted by atomic mass is 35.5. The third kappa shape index (κ3) is 3.51. The highest BCUT2D eigenvalue weighted by molar-refractivity contribution is 6.30. The van der Waals surface area contributed by atoms with Crippen molar-refractivity contribution < 1.29 is 17.6 Å². The first kappa shape index (κ1) is 18.9. The molecule has 1 aromatic heterocycles. The van der Waals surface area contributed by atoms with Crippen LogP contribution in [0.25, 0.3) is 0 Å². The quantitative estimate of drug-likeness (QED) is 0.455. The summed E-state index contributed by atoms with van der Waals surface area (Å²) in [7, 11) is 0. The molecular formula is C22H16ClF4N. The smallest absolute Gasteiger partial charge is 0.259 e. The van der Waals surface area contributed by atoms with Gasteiger partial charge in [0.2, 0.25) is 0 Å². The van der Waals surface area contributed by atoms with E-state index in [9.17, 15) is 17.6 Å². The number of aromatic nitrogens is 1. The van der Waals surface area contributed by atoms with Gasteiger partial charge < -0.3 is 0 Å². The van der Waals surface area contributed by atoms with Gasteiger partial charge in [0.25, 0.3) is 0 Å². The lowest BCUT2D eigenvalue weighted by Gasteiger charge is -2.20. The SMILES string of the molecule is Fc1cc(C(F)(F)F)cc([C@@]2(c3ccc(Cl)cn3)C[C@H]2Cc2ccccc2)c1. The predicted octanol–water partition coefficient (Wildman–Crippen LogP) is 6.44. The van der Waals surface area contributed by atoms with Crippen molar-refractivity contribution >= 4 is 11.6 Å². The number of pyridine rings is 1. The molecule has 2 aromatic carbocycles. The lowest BCUT2D eigenvalue weighted by atomic mass is 9.86. The third-order valence-electron chi connectivity index (χ3n) is 5.35. The number of nitrogens with zero attached hydrogens (tertiary/aromatic N) is 1. The maximum absolute atomic E-state index is 14.1. The predicted molar refractivity (Wildman–Crippen MR) is 99.7 cm³/mol. The molecule has 0 unspecified atom stereocenters. The topological polar surface area (TPSA) is 12.9 Å². The van der Waals surface area contributed by atoms with Crippen molar-refractivity contribution in [3.8, 4) is 0 Å². The van der Waals surface area contributed by atoms with Crippen LogP contribution in [-0.4, -0.2) is 4.98 Å². The Morgan fingerprint density at radius 1 is 1.04 bits per heavy atom. The lowest BCUT2D eigenvalue weighted by molar-refractivity contribution is -0.137. The minimum atomic E-state index is -4.62. The molecule has 1 heterocycles. The van der Waals surface area contributed by atoms with E-state index in [-0.39, 0.29) is 5.92 Å². The first-order valence-electron chi connectivity index (χ1n) is 8.83. The fraction of sp³-hybridized carbons (Fsp3) is 0.227. The maximum atomic E-state index is 14.1. The summed E-state index contributed by atoms with van der Waals surface area (Å²) in [5.41, 5.74) is 0.242. The van der Waals surface area contributed by atoms with Gasteiger partial charge in [-0.2, -0.15) is 13.2 Å².